The van der Waals surface area contributed by atoms with Crippen molar-refractivity contribution in [2.24, 2.45) is 5.41 Å². The number of Topliss-reactive ketones (excluding diaryl/α,β-unsaturated/α-hetero) is 1. The maximum atomic E-state index is 12.2. The second-order valence-corrected chi connectivity index (χ2v) is 8.55. The van der Waals surface area contributed by atoms with Gasteiger partial charge in [0.1, 0.15) is 5.01 Å². The van der Waals surface area contributed by atoms with Gasteiger partial charge in [0.2, 0.25) is 0 Å². The van der Waals surface area contributed by atoms with Crippen LogP contribution in [0.1, 0.15) is 40.6 Å². The summed E-state index contributed by atoms with van der Waals surface area (Å²) in [6.45, 7) is 4.26. The van der Waals surface area contributed by atoms with Crippen molar-refractivity contribution in [3.8, 4) is 0 Å². The molecule has 0 unspecified atom stereocenters. The van der Waals surface area contributed by atoms with E-state index in [1.807, 2.05) is 24.3 Å². The molecule has 0 fully saturated rings. The third-order valence-corrected chi connectivity index (χ3v) is 6.32. The third-order valence-electron chi connectivity index (χ3n) is 3.47. The van der Waals surface area contributed by atoms with Crippen LogP contribution in [0, 0.1) is 5.41 Å². The zero-order valence-electron chi connectivity index (χ0n) is 12.0. The summed E-state index contributed by atoms with van der Waals surface area (Å²) in [7, 11) is 0. The summed E-state index contributed by atoms with van der Waals surface area (Å²) in [5.41, 5.74) is 1.02. The molecule has 0 atom stereocenters. The first-order valence-electron chi connectivity index (χ1n) is 6.84. The maximum Gasteiger partial charge on any atom is 0.175 e. The number of nitrogens with zero attached hydrogens (tertiary/aromatic N) is 1. The van der Waals surface area contributed by atoms with Gasteiger partial charge in [-0.1, -0.05) is 37.6 Å². The molecule has 1 aliphatic carbocycles. The zero-order chi connectivity index (χ0) is 15.0. The Labute approximate surface area is 137 Å². The van der Waals surface area contributed by atoms with Crippen LogP contribution < -0.4 is 0 Å². The van der Waals surface area contributed by atoms with E-state index in [1.54, 1.807) is 23.1 Å². The Morgan fingerprint density at radius 3 is 2.86 bits per heavy atom. The molecule has 2 aromatic rings. The van der Waals surface area contributed by atoms with Crippen LogP contribution in [-0.4, -0.2) is 10.8 Å². The fraction of sp³-hybridized carbons (Fsp3) is 0.375. The Balaban J connectivity index is 1.77. The minimum Gasteiger partial charge on any atom is -0.293 e. The fourth-order valence-electron chi connectivity index (χ4n) is 2.53. The Hall–Kier alpha value is -0.840. The summed E-state index contributed by atoms with van der Waals surface area (Å²) in [6, 6.07) is 7.81. The number of hydrogen-bond acceptors (Lipinski definition) is 4. The second-order valence-electron chi connectivity index (χ2n) is 6.04. The molecule has 0 saturated heterocycles. The van der Waals surface area contributed by atoms with Gasteiger partial charge in [-0.2, -0.15) is 0 Å². The number of carbonyl (C=O) groups is 1. The average molecular weight is 338 g/mol. The quantitative estimate of drug-likeness (QED) is 0.717. The lowest BCUT2D eigenvalue weighted by Crippen LogP contribution is -2.25. The van der Waals surface area contributed by atoms with E-state index in [-0.39, 0.29) is 11.2 Å². The van der Waals surface area contributed by atoms with Gasteiger partial charge in [0, 0.05) is 11.3 Å². The number of hydrogen-bond donors (Lipinski definition) is 0. The number of carbonyl (C=O) groups excluding carboxylic acids is 1. The molecular weight excluding hydrogens is 322 g/mol. The van der Waals surface area contributed by atoms with Crippen molar-refractivity contribution in [1.29, 1.82) is 0 Å². The highest BCUT2D eigenvalue weighted by Crippen LogP contribution is 2.38. The Kier molecular flexibility index (Phi) is 4.12. The molecule has 0 spiro atoms. The summed E-state index contributed by atoms with van der Waals surface area (Å²) in [5.74, 6) is 1.00. The summed E-state index contributed by atoms with van der Waals surface area (Å²) >= 11 is 9.37. The molecule has 0 aliphatic heterocycles. The van der Waals surface area contributed by atoms with Crippen molar-refractivity contribution in [1.82, 2.24) is 4.98 Å². The number of ketones is 1. The van der Waals surface area contributed by atoms with E-state index in [9.17, 15) is 4.79 Å². The number of halogens is 1. The molecule has 3 rings (SSSR count). The largest absolute Gasteiger partial charge is 0.293 e. The van der Waals surface area contributed by atoms with Crippen molar-refractivity contribution in [2.45, 2.75) is 37.3 Å². The van der Waals surface area contributed by atoms with Crippen LogP contribution in [0.15, 0.2) is 29.2 Å². The highest BCUT2D eigenvalue weighted by atomic mass is 35.5. The molecule has 21 heavy (non-hydrogen) atoms. The molecule has 1 aromatic carbocycles. The minimum absolute atomic E-state index is 0.0330. The number of aromatic nitrogens is 1. The van der Waals surface area contributed by atoms with Crippen LogP contribution >= 0.6 is 34.7 Å². The fourth-order valence-corrected chi connectivity index (χ4v) is 4.78. The average Bonchev–Trinajstić information content (AvgIpc) is 2.79. The first-order chi connectivity index (χ1) is 9.94. The van der Waals surface area contributed by atoms with E-state index in [1.165, 1.54) is 0 Å². The topological polar surface area (TPSA) is 30.0 Å². The van der Waals surface area contributed by atoms with Gasteiger partial charge in [0.25, 0.3) is 0 Å². The smallest absolute Gasteiger partial charge is 0.175 e. The van der Waals surface area contributed by atoms with E-state index in [2.05, 4.69) is 18.8 Å². The van der Waals surface area contributed by atoms with Gasteiger partial charge >= 0.3 is 0 Å². The van der Waals surface area contributed by atoms with Crippen LogP contribution in [0.4, 0.5) is 0 Å². The Morgan fingerprint density at radius 1 is 1.33 bits per heavy atom. The monoisotopic (exact) mass is 337 g/mol. The molecule has 0 N–H and O–H groups in total. The molecule has 2 nitrogen and oxygen atoms in total. The van der Waals surface area contributed by atoms with Crippen LogP contribution in [0.25, 0.3) is 0 Å². The van der Waals surface area contributed by atoms with Crippen LogP contribution in [0.5, 0.6) is 0 Å². The van der Waals surface area contributed by atoms with E-state index in [0.717, 1.165) is 37.7 Å². The molecule has 1 aliphatic rings. The minimum atomic E-state index is 0.0330. The summed E-state index contributed by atoms with van der Waals surface area (Å²) in [4.78, 5) is 18.8. The lowest BCUT2D eigenvalue weighted by molar-refractivity contribution is 0.0916. The summed E-state index contributed by atoms with van der Waals surface area (Å²) in [6.07, 6.45) is 1.51. The Morgan fingerprint density at radius 2 is 2.10 bits per heavy atom. The van der Waals surface area contributed by atoms with Gasteiger partial charge in [-0.25, -0.2) is 4.98 Å². The number of thioether (sulfide) groups is 1. The van der Waals surface area contributed by atoms with Crippen LogP contribution in [0.3, 0.4) is 0 Å². The molecule has 0 saturated carbocycles. The molecule has 110 valence electrons. The lowest BCUT2D eigenvalue weighted by Gasteiger charge is -2.26. The highest BCUT2D eigenvalue weighted by Gasteiger charge is 2.33. The van der Waals surface area contributed by atoms with Gasteiger partial charge in [-0.15, -0.1) is 23.1 Å². The third kappa shape index (κ3) is 3.33. The highest BCUT2D eigenvalue weighted by molar-refractivity contribution is 7.98. The molecule has 1 aromatic heterocycles. The molecule has 1 heterocycles. The molecule has 0 bridgehead atoms. The summed E-state index contributed by atoms with van der Waals surface area (Å²) < 4.78 is 0. The van der Waals surface area contributed by atoms with Gasteiger partial charge in [0.05, 0.1) is 21.3 Å². The van der Waals surface area contributed by atoms with E-state index in [0.29, 0.717) is 6.42 Å². The first-order valence-corrected chi connectivity index (χ1v) is 9.02. The SMILES string of the molecule is CC1(C)CC(=O)c2sc(CSc3ccccc3Cl)nc2C1. The van der Waals surface area contributed by atoms with E-state index < -0.39 is 0 Å². The number of fused-ring (bicyclic) bond motifs is 1. The van der Waals surface area contributed by atoms with Crippen LogP contribution in [0.2, 0.25) is 5.02 Å². The molecular formula is C16H16ClNOS2. The lowest BCUT2D eigenvalue weighted by atomic mass is 9.78. The van der Waals surface area contributed by atoms with Gasteiger partial charge in [-0.3, -0.25) is 4.79 Å². The normalized spacial score (nSPS) is 16.8. The van der Waals surface area contributed by atoms with Crippen molar-refractivity contribution in [3.05, 3.63) is 44.9 Å². The van der Waals surface area contributed by atoms with Crippen molar-refractivity contribution >= 4 is 40.5 Å². The zero-order valence-corrected chi connectivity index (χ0v) is 14.4. The molecule has 0 amide bonds. The van der Waals surface area contributed by atoms with Gasteiger partial charge < -0.3 is 0 Å². The van der Waals surface area contributed by atoms with Gasteiger partial charge in [-0.05, 0) is 24.0 Å². The summed E-state index contributed by atoms with van der Waals surface area (Å²) in [5, 5.41) is 1.77. The van der Waals surface area contributed by atoms with Crippen molar-refractivity contribution in [2.75, 3.05) is 0 Å². The van der Waals surface area contributed by atoms with Crippen molar-refractivity contribution in [3.63, 3.8) is 0 Å². The standard InChI is InChI=1S/C16H16ClNOS2/c1-16(2)7-11-15(12(19)8-16)21-14(18-11)9-20-13-6-4-3-5-10(13)17/h3-6H,7-9H2,1-2H3. The van der Waals surface area contributed by atoms with Crippen molar-refractivity contribution < 1.29 is 4.79 Å². The second kappa shape index (κ2) is 5.75. The number of thiazole rings is 1. The van der Waals surface area contributed by atoms with E-state index in [4.69, 9.17) is 11.6 Å². The molecule has 0 radical (unpaired) electrons. The first kappa shape index (κ1) is 15.1. The number of benzene rings is 1. The van der Waals surface area contributed by atoms with Crippen LogP contribution in [-0.2, 0) is 12.2 Å². The number of rotatable bonds is 3. The predicted molar refractivity (Wildman–Crippen MR) is 89.6 cm³/mol. The molecule has 5 heteroatoms. The predicted octanol–water partition coefficient (Wildman–Crippen LogP) is 5.24. The van der Waals surface area contributed by atoms with Gasteiger partial charge in [0.15, 0.2) is 5.78 Å². The Bertz CT molecular complexity index is 693. The van der Waals surface area contributed by atoms with E-state index >= 15 is 0 Å². The maximum absolute atomic E-state index is 12.2.